The van der Waals surface area contributed by atoms with Crippen LogP contribution in [0.4, 0.5) is 5.69 Å². The fourth-order valence-electron chi connectivity index (χ4n) is 4.40. The topological polar surface area (TPSA) is 105 Å². The van der Waals surface area contributed by atoms with Crippen LogP contribution < -0.4 is 19.1 Å². The molecule has 0 aromatic heterocycles. The van der Waals surface area contributed by atoms with Gasteiger partial charge in [-0.3, -0.25) is 13.9 Å². The van der Waals surface area contributed by atoms with Crippen molar-refractivity contribution in [2.24, 2.45) is 0 Å². The zero-order chi connectivity index (χ0) is 30.9. The standard InChI is InChI=1S/C32H41N3O6S/c1-7-24(4)33-32(37)30(8-2)34(21-25-11-15-27(40-5)16-12-25)31(36)22-35(26-13-17-28(41-6)18-14-26)42(38,39)29-19-9-23(3)10-20-29/h9-20,24,30H,7-8,21-22H2,1-6H3,(H,33,37)/t24-,30+/m1/s1. The number of benzene rings is 3. The third-order valence-electron chi connectivity index (χ3n) is 7.15. The van der Waals surface area contributed by atoms with E-state index in [1.807, 2.05) is 39.8 Å². The number of nitrogens with zero attached hydrogens (tertiary/aromatic N) is 2. The van der Waals surface area contributed by atoms with Crippen LogP contribution in [0.25, 0.3) is 0 Å². The van der Waals surface area contributed by atoms with E-state index in [2.05, 4.69) is 5.32 Å². The SMILES string of the molecule is CC[C@@H](C)NC(=O)[C@H](CC)N(Cc1ccc(OC)cc1)C(=O)CN(c1ccc(OC)cc1)S(=O)(=O)c1ccc(C)cc1. The van der Waals surface area contributed by atoms with Gasteiger partial charge in [0.25, 0.3) is 10.0 Å². The van der Waals surface area contributed by atoms with Crippen LogP contribution >= 0.6 is 0 Å². The van der Waals surface area contributed by atoms with Gasteiger partial charge in [-0.1, -0.05) is 43.7 Å². The normalized spacial score (nSPS) is 12.6. The molecule has 0 fully saturated rings. The Labute approximate surface area is 249 Å². The highest BCUT2D eigenvalue weighted by Crippen LogP contribution is 2.27. The molecule has 226 valence electrons. The third-order valence-corrected chi connectivity index (χ3v) is 8.94. The number of methoxy groups -OCH3 is 2. The number of sulfonamides is 1. The summed E-state index contributed by atoms with van der Waals surface area (Å²) in [4.78, 5) is 29.1. The first-order chi connectivity index (χ1) is 20.0. The molecule has 0 radical (unpaired) electrons. The van der Waals surface area contributed by atoms with E-state index >= 15 is 0 Å². The minimum atomic E-state index is -4.15. The molecule has 3 rings (SSSR count). The molecule has 3 aromatic rings. The highest BCUT2D eigenvalue weighted by atomic mass is 32.2. The Bertz CT molecular complexity index is 1420. The van der Waals surface area contributed by atoms with Gasteiger partial charge >= 0.3 is 0 Å². The Morgan fingerprint density at radius 3 is 1.88 bits per heavy atom. The lowest BCUT2D eigenvalue weighted by molar-refractivity contribution is -0.140. The molecule has 1 N–H and O–H groups in total. The van der Waals surface area contributed by atoms with Crippen molar-refractivity contribution in [1.82, 2.24) is 10.2 Å². The second-order valence-electron chi connectivity index (χ2n) is 10.1. The first-order valence-electron chi connectivity index (χ1n) is 14.0. The summed E-state index contributed by atoms with van der Waals surface area (Å²) in [5.41, 5.74) is 1.98. The van der Waals surface area contributed by atoms with Crippen molar-refractivity contribution in [1.29, 1.82) is 0 Å². The number of rotatable bonds is 14. The Morgan fingerprint density at radius 2 is 1.38 bits per heavy atom. The minimum absolute atomic E-state index is 0.0555. The second kappa shape index (κ2) is 14.7. The van der Waals surface area contributed by atoms with Crippen molar-refractivity contribution in [3.63, 3.8) is 0 Å². The predicted octanol–water partition coefficient (Wildman–Crippen LogP) is 4.93. The van der Waals surface area contributed by atoms with Crippen molar-refractivity contribution in [3.8, 4) is 11.5 Å². The van der Waals surface area contributed by atoms with Crippen LogP contribution in [-0.2, 0) is 26.2 Å². The van der Waals surface area contributed by atoms with E-state index in [1.165, 1.54) is 24.1 Å². The van der Waals surface area contributed by atoms with Crippen molar-refractivity contribution >= 4 is 27.5 Å². The second-order valence-corrected chi connectivity index (χ2v) is 12.0. The largest absolute Gasteiger partial charge is 0.497 e. The number of hydrogen-bond acceptors (Lipinski definition) is 6. The summed E-state index contributed by atoms with van der Waals surface area (Å²) < 4.78 is 39.5. The molecule has 0 heterocycles. The molecule has 0 unspecified atom stereocenters. The van der Waals surface area contributed by atoms with Gasteiger partial charge in [-0.05, 0) is 80.8 Å². The van der Waals surface area contributed by atoms with Crippen LogP contribution in [-0.4, -0.2) is 58.0 Å². The molecule has 0 saturated heterocycles. The number of ether oxygens (including phenoxy) is 2. The van der Waals surface area contributed by atoms with Gasteiger partial charge in [-0.2, -0.15) is 0 Å². The van der Waals surface area contributed by atoms with Crippen molar-refractivity contribution in [2.75, 3.05) is 25.1 Å². The number of carbonyl (C=O) groups excluding carboxylic acids is 2. The first kappa shape index (κ1) is 32.5. The zero-order valence-corrected chi connectivity index (χ0v) is 26.0. The van der Waals surface area contributed by atoms with Crippen molar-refractivity contribution in [3.05, 3.63) is 83.9 Å². The predicted molar refractivity (Wildman–Crippen MR) is 164 cm³/mol. The molecule has 2 amide bonds. The Kier molecular flexibility index (Phi) is 11.4. The fraction of sp³-hybridized carbons (Fsp3) is 0.375. The fourth-order valence-corrected chi connectivity index (χ4v) is 5.82. The Hall–Kier alpha value is -4.05. The van der Waals surface area contributed by atoms with E-state index in [1.54, 1.807) is 55.6 Å². The van der Waals surface area contributed by atoms with Gasteiger partial charge in [0, 0.05) is 12.6 Å². The van der Waals surface area contributed by atoms with E-state index in [4.69, 9.17) is 9.47 Å². The highest BCUT2D eigenvalue weighted by Gasteiger charge is 2.34. The van der Waals surface area contributed by atoms with Gasteiger partial charge in [0.1, 0.15) is 24.1 Å². The summed E-state index contributed by atoms with van der Waals surface area (Å²) in [6.45, 7) is 7.17. The minimum Gasteiger partial charge on any atom is -0.497 e. The lowest BCUT2D eigenvalue weighted by atomic mass is 10.1. The smallest absolute Gasteiger partial charge is 0.264 e. The van der Waals surface area contributed by atoms with Gasteiger partial charge in [0.05, 0.1) is 24.8 Å². The molecule has 2 atom stereocenters. The molecule has 0 bridgehead atoms. The summed E-state index contributed by atoms with van der Waals surface area (Å²) in [6, 6.07) is 19.3. The van der Waals surface area contributed by atoms with Crippen LogP contribution in [0.3, 0.4) is 0 Å². The molecule has 42 heavy (non-hydrogen) atoms. The van der Waals surface area contributed by atoms with Crippen LogP contribution in [0.15, 0.2) is 77.7 Å². The molecule has 0 aliphatic heterocycles. The number of anilines is 1. The monoisotopic (exact) mass is 595 g/mol. The van der Waals surface area contributed by atoms with Crippen LogP contribution in [0.1, 0.15) is 44.7 Å². The zero-order valence-electron chi connectivity index (χ0n) is 25.2. The van der Waals surface area contributed by atoms with Gasteiger partial charge in [0.15, 0.2) is 0 Å². The number of aryl methyl sites for hydroxylation is 1. The van der Waals surface area contributed by atoms with Crippen molar-refractivity contribution < 1.29 is 27.5 Å². The van der Waals surface area contributed by atoms with E-state index in [0.717, 1.165) is 21.9 Å². The summed E-state index contributed by atoms with van der Waals surface area (Å²) in [7, 11) is -1.06. The van der Waals surface area contributed by atoms with Crippen LogP contribution in [0.5, 0.6) is 11.5 Å². The highest BCUT2D eigenvalue weighted by molar-refractivity contribution is 7.92. The quantitative estimate of drug-likeness (QED) is 0.283. The molecule has 3 aromatic carbocycles. The van der Waals surface area contributed by atoms with Gasteiger partial charge < -0.3 is 19.7 Å². The van der Waals surface area contributed by atoms with Crippen LogP contribution in [0, 0.1) is 6.92 Å². The number of amides is 2. The maximum atomic E-state index is 14.2. The molecular weight excluding hydrogens is 554 g/mol. The molecule has 10 heteroatoms. The average Bonchev–Trinajstić information content (AvgIpc) is 3.00. The molecule has 0 aliphatic carbocycles. The summed E-state index contributed by atoms with van der Waals surface area (Å²) in [6.07, 6.45) is 1.08. The van der Waals surface area contributed by atoms with Crippen molar-refractivity contribution in [2.45, 2.75) is 64.1 Å². The first-order valence-corrected chi connectivity index (χ1v) is 15.4. The molecule has 0 spiro atoms. The third kappa shape index (κ3) is 8.03. The molecular formula is C32H41N3O6S. The summed E-state index contributed by atoms with van der Waals surface area (Å²) in [5, 5.41) is 2.98. The van der Waals surface area contributed by atoms with E-state index in [0.29, 0.717) is 23.6 Å². The number of nitrogens with one attached hydrogen (secondary N) is 1. The van der Waals surface area contributed by atoms with Crippen LogP contribution in [0.2, 0.25) is 0 Å². The lowest BCUT2D eigenvalue weighted by Gasteiger charge is -2.33. The van der Waals surface area contributed by atoms with E-state index < -0.39 is 28.5 Å². The Morgan fingerprint density at radius 1 is 0.833 bits per heavy atom. The molecule has 0 saturated carbocycles. The lowest BCUT2D eigenvalue weighted by Crippen LogP contribution is -2.53. The van der Waals surface area contributed by atoms with Gasteiger partial charge in [-0.15, -0.1) is 0 Å². The number of hydrogen-bond donors (Lipinski definition) is 1. The van der Waals surface area contributed by atoms with Gasteiger partial charge in [-0.25, -0.2) is 8.42 Å². The maximum Gasteiger partial charge on any atom is 0.264 e. The van der Waals surface area contributed by atoms with E-state index in [9.17, 15) is 18.0 Å². The average molecular weight is 596 g/mol. The summed E-state index contributed by atoms with van der Waals surface area (Å²) in [5.74, 6) is 0.411. The summed E-state index contributed by atoms with van der Waals surface area (Å²) >= 11 is 0. The van der Waals surface area contributed by atoms with Gasteiger partial charge in [0.2, 0.25) is 11.8 Å². The number of carbonyl (C=O) groups is 2. The maximum absolute atomic E-state index is 14.2. The molecule has 0 aliphatic rings. The Balaban J connectivity index is 2.06. The molecule has 9 nitrogen and oxygen atoms in total. The van der Waals surface area contributed by atoms with E-state index in [-0.39, 0.29) is 23.4 Å².